The Morgan fingerprint density at radius 1 is 1.38 bits per heavy atom. The van der Waals surface area contributed by atoms with E-state index in [9.17, 15) is 9.59 Å². The Morgan fingerprint density at radius 3 is 2.88 bits per heavy atom. The zero-order chi connectivity index (χ0) is 18.7. The number of aromatic nitrogens is 2. The van der Waals surface area contributed by atoms with E-state index in [0.29, 0.717) is 40.3 Å². The van der Waals surface area contributed by atoms with Crippen molar-refractivity contribution in [2.24, 2.45) is 5.92 Å². The van der Waals surface area contributed by atoms with Crippen LogP contribution >= 0.6 is 12.2 Å². The third-order valence-electron chi connectivity index (χ3n) is 5.19. The predicted octanol–water partition coefficient (Wildman–Crippen LogP) is 3.01. The number of ether oxygens (including phenoxy) is 1. The number of aromatic amines is 1. The first-order valence-electron chi connectivity index (χ1n) is 9.08. The van der Waals surface area contributed by atoms with Crippen LogP contribution in [0.25, 0.3) is 10.9 Å². The lowest BCUT2D eigenvalue weighted by Crippen LogP contribution is -2.41. The van der Waals surface area contributed by atoms with Crippen molar-refractivity contribution in [2.45, 2.75) is 45.2 Å². The van der Waals surface area contributed by atoms with Gasteiger partial charge in [-0.3, -0.25) is 14.2 Å². The van der Waals surface area contributed by atoms with Gasteiger partial charge >= 0.3 is 0 Å². The topological polar surface area (TPSA) is 76.1 Å². The molecule has 1 saturated carbocycles. The number of carbonyl (C=O) groups excluding carboxylic acids is 1. The Morgan fingerprint density at radius 2 is 2.15 bits per heavy atom. The van der Waals surface area contributed by atoms with Gasteiger partial charge < -0.3 is 15.0 Å². The van der Waals surface area contributed by atoms with Crippen LogP contribution in [0, 0.1) is 10.7 Å². The van der Waals surface area contributed by atoms with Crippen LogP contribution < -0.4 is 10.9 Å². The van der Waals surface area contributed by atoms with E-state index < -0.39 is 0 Å². The molecule has 0 saturated heterocycles. The molecule has 0 aliphatic heterocycles. The van der Waals surface area contributed by atoms with Crippen LogP contribution in [-0.4, -0.2) is 35.2 Å². The number of benzene rings is 1. The van der Waals surface area contributed by atoms with Gasteiger partial charge in [0.25, 0.3) is 11.5 Å². The zero-order valence-corrected chi connectivity index (χ0v) is 16.0. The smallest absolute Gasteiger partial charge is 0.262 e. The van der Waals surface area contributed by atoms with Gasteiger partial charge in [0.15, 0.2) is 4.77 Å². The molecule has 2 unspecified atom stereocenters. The average Bonchev–Trinajstić information content (AvgIpc) is 2.63. The number of nitrogens with one attached hydrogen (secondary N) is 2. The number of methoxy groups -OCH3 is 1. The lowest BCUT2D eigenvalue weighted by molar-refractivity contribution is 0.0910. The molecular formula is C19H25N3O3S. The molecule has 0 spiro atoms. The van der Waals surface area contributed by atoms with Crippen molar-refractivity contribution in [3.63, 3.8) is 0 Å². The summed E-state index contributed by atoms with van der Waals surface area (Å²) in [6.07, 6.45) is 4.56. The summed E-state index contributed by atoms with van der Waals surface area (Å²) in [5.74, 6) is 0.389. The Hall–Kier alpha value is -1.99. The molecule has 6 nitrogen and oxygen atoms in total. The fraction of sp³-hybridized carbons (Fsp3) is 0.526. The normalized spacial score (nSPS) is 20.2. The fourth-order valence-corrected chi connectivity index (χ4v) is 3.85. The maximum atomic E-state index is 12.6. The average molecular weight is 375 g/mol. The van der Waals surface area contributed by atoms with Crippen molar-refractivity contribution in [3.8, 4) is 0 Å². The summed E-state index contributed by atoms with van der Waals surface area (Å²) in [4.78, 5) is 28.3. The number of hydrogen-bond donors (Lipinski definition) is 2. The van der Waals surface area contributed by atoms with Gasteiger partial charge in [-0.1, -0.05) is 19.8 Å². The van der Waals surface area contributed by atoms with Crippen LogP contribution in [0.4, 0.5) is 0 Å². The number of fused-ring (bicyclic) bond motifs is 1. The van der Waals surface area contributed by atoms with Crippen LogP contribution in [0.5, 0.6) is 0 Å². The SMILES string of the molecule is COCCn1c(=S)[nH]c2cc(C(=O)NC3CCCCC3C)ccc2c1=O. The van der Waals surface area contributed by atoms with Gasteiger partial charge in [0.05, 0.1) is 24.1 Å². The largest absolute Gasteiger partial charge is 0.383 e. The Labute approximate surface area is 157 Å². The summed E-state index contributed by atoms with van der Waals surface area (Å²) < 4.78 is 6.83. The molecule has 1 aromatic carbocycles. The molecule has 1 fully saturated rings. The van der Waals surface area contributed by atoms with Crippen molar-refractivity contribution >= 4 is 29.0 Å². The van der Waals surface area contributed by atoms with Gasteiger partial charge in [-0.25, -0.2) is 0 Å². The van der Waals surface area contributed by atoms with Crippen molar-refractivity contribution in [2.75, 3.05) is 13.7 Å². The first-order valence-corrected chi connectivity index (χ1v) is 9.48. The van der Waals surface area contributed by atoms with Crippen LogP contribution in [0.3, 0.4) is 0 Å². The molecule has 0 bridgehead atoms. The van der Waals surface area contributed by atoms with Crippen LogP contribution in [0.2, 0.25) is 0 Å². The Bertz CT molecular complexity index is 918. The first kappa shape index (κ1) is 18.8. The van der Waals surface area contributed by atoms with Crippen LogP contribution in [0.15, 0.2) is 23.0 Å². The molecule has 1 heterocycles. The number of hydrogen-bond acceptors (Lipinski definition) is 4. The van der Waals surface area contributed by atoms with E-state index in [1.54, 1.807) is 25.3 Å². The van der Waals surface area contributed by atoms with Crippen molar-refractivity contribution in [3.05, 3.63) is 38.9 Å². The summed E-state index contributed by atoms with van der Waals surface area (Å²) in [5.41, 5.74) is 0.946. The minimum absolute atomic E-state index is 0.103. The number of amides is 1. The summed E-state index contributed by atoms with van der Waals surface area (Å²) >= 11 is 5.29. The quantitative estimate of drug-likeness (QED) is 0.788. The van der Waals surface area contributed by atoms with E-state index in [0.717, 1.165) is 19.3 Å². The summed E-state index contributed by atoms with van der Waals surface area (Å²) in [6, 6.07) is 5.30. The van der Waals surface area contributed by atoms with E-state index in [4.69, 9.17) is 17.0 Å². The molecule has 1 aliphatic rings. The number of carbonyl (C=O) groups is 1. The van der Waals surface area contributed by atoms with Crippen LogP contribution in [0.1, 0.15) is 43.0 Å². The molecule has 140 valence electrons. The Balaban J connectivity index is 1.88. The highest BCUT2D eigenvalue weighted by Crippen LogP contribution is 2.24. The third kappa shape index (κ3) is 3.88. The molecule has 2 atom stereocenters. The molecule has 3 rings (SSSR count). The number of H-pyrrole nitrogens is 1. The minimum Gasteiger partial charge on any atom is -0.383 e. The van der Waals surface area contributed by atoms with Gasteiger partial charge in [-0.05, 0) is 49.2 Å². The van der Waals surface area contributed by atoms with Crippen molar-refractivity contribution < 1.29 is 9.53 Å². The molecular weight excluding hydrogens is 350 g/mol. The monoisotopic (exact) mass is 375 g/mol. The van der Waals surface area contributed by atoms with Crippen molar-refractivity contribution in [1.29, 1.82) is 0 Å². The molecule has 2 aromatic rings. The molecule has 1 aromatic heterocycles. The fourth-order valence-electron chi connectivity index (χ4n) is 3.56. The molecule has 7 heteroatoms. The standard InChI is InChI=1S/C19H25N3O3S/c1-12-5-3-4-6-15(12)20-17(23)13-7-8-14-16(11-13)21-19(26)22(18(14)24)9-10-25-2/h7-8,11-12,15H,3-6,9-10H2,1-2H3,(H,20,23)(H,21,26). The van der Waals surface area contributed by atoms with Gasteiger partial charge in [0.1, 0.15) is 0 Å². The Kier molecular flexibility index (Phi) is 5.88. The molecule has 1 amide bonds. The van der Waals surface area contributed by atoms with Gasteiger partial charge in [0, 0.05) is 18.7 Å². The van der Waals surface area contributed by atoms with Gasteiger partial charge in [-0.15, -0.1) is 0 Å². The molecule has 2 N–H and O–H groups in total. The zero-order valence-electron chi connectivity index (χ0n) is 15.2. The molecule has 26 heavy (non-hydrogen) atoms. The molecule has 0 radical (unpaired) electrons. The maximum absolute atomic E-state index is 12.6. The van der Waals surface area contributed by atoms with Crippen molar-refractivity contribution in [1.82, 2.24) is 14.9 Å². The second kappa shape index (κ2) is 8.14. The number of rotatable bonds is 5. The molecule has 1 aliphatic carbocycles. The highest BCUT2D eigenvalue weighted by Gasteiger charge is 2.23. The van der Waals surface area contributed by atoms with E-state index in [-0.39, 0.29) is 17.5 Å². The third-order valence-corrected chi connectivity index (χ3v) is 5.51. The minimum atomic E-state index is -0.173. The lowest BCUT2D eigenvalue weighted by atomic mass is 9.86. The summed E-state index contributed by atoms with van der Waals surface area (Å²) in [5, 5.41) is 3.65. The number of nitrogens with zero attached hydrogens (tertiary/aromatic N) is 1. The highest BCUT2D eigenvalue weighted by molar-refractivity contribution is 7.71. The predicted molar refractivity (Wildman–Crippen MR) is 104 cm³/mol. The van der Waals surface area contributed by atoms with Gasteiger partial charge in [-0.2, -0.15) is 0 Å². The summed E-state index contributed by atoms with van der Waals surface area (Å²) in [6.45, 7) is 2.98. The van der Waals surface area contributed by atoms with E-state index in [1.165, 1.54) is 11.0 Å². The highest BCUT2D eigenvalue weighted by atomic mass is 32.1. The first-order chi connectivity index (χ1) is 12.5. The second-order valence-corrected chi connectivity index (χ2v) is 7.37. The van der Waals surface area contributed by atoms with E-state index >= 15 is 0 Å². The van der Waals surface area contributed by atoms with E-state index in [2.05, 4.69) is 17.2 Å². The van der Waals surface area contributed by atoms with E-state index in [1.807, 2.05) is 0 Å². The van der Waals surface area contributed by atoms with Crippen LogP contribution in [-0.2, 0) is 11.3 Å². The second-order valence-electron chi connectivity index (χ2n) is 6.98. The van der Waals surface area contributed by atoms with Gasteiger partial charge in [0.2, 0.25) is 0 Å². The maximum Gasteiger partial charge on any atom is 0.262 e. The lowest BCUT2D eigenvalue weighted by Gasteiger charge is -2.29. The summed E-state index contributed by atoms with van der Waals surface area (Å²) in [7, 11) is 1.58.